The molecule has 2 aromatic heterocycles. The van der Waals surface area contributed by atoms with Crippen LogP contribution in [0, 0.1) is 12.7 Å². The van der Waals surface area contributed by atoms with E-state index < -0.39 is 16.9 Å². The van der Waals surface area contributed by atoms with Crippen LogP contribution in [0.4, 0.5) is 4.39 Å². The average Bonchev–Trinajstić information content (AvgIpc) is 3.06. The fourth-order valence-corrected chi connectivity index (χ4v) is 4.05. The quantitative estimate of drug-likeness (QED) is 0.691. The maximum Gasteiger partial charge on any atom is 0.211 e. The van der Waals surface area contributed by atoms with E-state index in [1.165, 1.54) is 28.7 Å². The van der Waals surface area contributed by atoms with Gasteiger partial charge in [0.25, 0.3) is 0 Å². The normalized spacial score (nSPS) is 17.0. The van der Waals surface area contributed by atoms with E-state index in [0.29, 0.717) is 34.6 Å². The van der Waals surface area contributed by atoms with Gasteiger partial charge in [0, 0.05) is 33.7 Å². The lowest BCUT2D eigenvalue weighted by molar-refractivity contribution is 0.329. The number of nitrogens with zero attached hydrogens (tertiary/aromatic N) is 4. The number of hydrogen-bond donors (Lipinski definition) is 0. The highest BCUT2D eigenvalue weighted by Gasteiger charge is 2.29. The highest BCUT2D eigenvalue weighted by atomic mass is 32.2. The molecule has 140 valence electrons. The van der Waals surface area contributed by atoms with Crippen molar-refractivity contribution in [2.75, 3.05) is 12.8 Å². The molecular weight excluding hydrogens is 367 g/mol. The third-order valence-corrected chi connectivity index (χ3v) is 5.83. The first-order valence-electron chi connectivity index (χ1n) is 9.82. The number of sulfonamides is 1. The molecule has 0 saturated heterocycles. The second kappa shape index (κ2) is 6.54. The summed E-state index contributed by atoms with van der Waals surface area (Å²) in [4.78, 5) is 3.96. The standard InChI is InChI=1S/C19H19FN4O2S/c1-13-11-15(7-8-21-13)18-17-12-23(27(2,25)26)9-10-24(17)22-19(18)14-3-5-16(20)6-4-14/h3-8,11H,9-10,12H2,1-2H3/i1D3. The zero-order valence-electron chi connectivity index (χ0n) is 17.6. The molecule has 1 aliphatic heterocycles. The van der Waals surface area contributed by atoms with Gasteiger partial charge in [-0.2, -0.15) is 9.40 Å². The van der Waals surface area contributed by atoms with E-state index >= 15 is 0 Å². The summed E-state index contributed by atoms with van der Waals surface area (Å²) in [5.74, 6) is -0.388. The number of rotatable bonds is 3. The van der Waals surface area contributed by atoms with Gasteiger partial charge in [-0.05, 0) is 48.8 Å². The van der Waals surface area contributed by atoms with Crippen molar-refractivity contribution in [3.05, 3.63) is 59.8 Å². The first kappa shape index (κ1) is 14.5. The van der Waals surface area contributed by atoms with Crippen molar-refractivity contribution in [2.24, 2.45) is 0 Å². The molecular formula is C19H19FN4O2S. The lowest BCUT2D eigenvalue weighted by Gasteiger charge is -2.26. The SMILES string of the molecule is [2H]C([2H])([2H])c1cc(-c2c(-c3ccc(F)cc3)nn3c2CN(S(C)(=O)=O)CC3)ccn1. The third kappa shape index (κ3) is 3.38. The lowest BCUT2D eigenvalue weighted by atomic mass is 9.98. The van der Waals surface area contributed by atoms with Crippen molar-refractivity contribution >= 4 is 10.0 Å². The Morgan fingerprint density at radius 2 is 1.93 bits per heavy atom. The van der Waals surface area contributed by atoms with Crippen molar-refractivity contribution in [3.8, 4) is 22.4 Å². The Bertz CT molecular complexity index is 1210. The summed E-state index contributed by atoms with van der Waals surface area (Å²) in [7, 11) is -3.42. The number of pyridine rings is 1. The Hall–Kier alpha value is -2.58. The fraction of sp³-hybridized carbons (Fsp3) is 0.263. The van der Waals surface area contributed by atoms with Crippen LogP contribution >= 0.6 is 0 Å². The zero-order valence-corrected chi connectivity index (χ0v) is 15.4. The Balaban J connectivity index is 1.93. The Labute approximate surface area is 161 Å². The average molecular weight is 389 g/mol. The summed E-state index contributed by atoms with van der Waals surface area (Å²) in [5, 5.41) is 4.65. The molecule has 3 aromatic rings. The van der Waals surface area contributed by atoms with Crippen LogP contribution in [0.3, 0.4) is 0 Å². The van der Waals surface area contributed by atoms with Gasteiger partial charge in [0.2, 0.25) is 10.0 Å². The van der Waals surface area contributed by atoms with Gasteiger partial charge in [-0.3, -0.25) is 9.67 Å². The minimum atomic E-state index is -3.42. The molecule has 0 N–H and O–H groups in total. The molecule has 0 amide bonds. The molecule has 0 atom stereocenters. The smallest absolute Gasteiger partial charge is 0.211 e. The number of aryl methyl sites for hydroxylation is 1. The number of halogens is 1. The first-order valence-corrected chi connectivity index (χ1v) is 10.2. The summed E-state index contributed by atoms with van der Waals surface area (Å²) in [6.07, 6.45) is 2.56. The van der Waals surface area contributed by atoms with E-state index in [0.717, 1.165) is 6.26 Å². The topological polar surface area (TPSA) is 68.1 Å². The predicted octanol–water partition coefficient (Wildman–Crippen LogP) is 2.83. The number of fused-ring (bicyclic) bond motifs is 1. The van der Waals surface area contributed by atoms with Crippen LogP contribution < -0.4 is 0 Å². The second-order valence-electron chi connectivity index (χ2n) is 6.43. The molecule has 0 bridgehead atoms. The van der Waals surface area contributed by atoms with Gasteiger partial charge >= 0.3 is 0 Å². The van der Waals surface area contributed by atoms with E-state index in [1.54, 1.807) is 22.9 Å². The van der Waals surface area contributed by atoms with E-state index in [-0.39, 0.29) is 24.6 Å². The van der Waals surface area contributed by atoms with Crippen LogP contribution in [0.25, 0.3) is 22.4 Å². The summed E-state index contributed by atoms with van der Waals surface area (Å²) >= 11 is 0. The number of aromatic nitrogens is 3. The van der Waals surface area contributed by atoms with Gasteiger partial charge in [-0.1, -0.05) is 0 Å². The molecule has 8 heteroatoms. The van der Waals surface area contributed by atoms with Gasteiger partial charge in [0.15, 0.2) is 0 Å². The Morgan fingerprint density at radius 1 is 1.15 bits per heavy atom. The summed E-state index contributed by atoms with van der Waals surface area (Å²) < 4.78 is 63.7. The predicted molar refractivity (Wildman–Crippen MR) is 101 cm³/mol. The largest absolute Gasteiger partial charge is 0.266 e. The monoisotopic (exact) mass is 389 g/mol. The summed E-state index contributed by atoms with van der Waals surface area (Å²) in [6.45, 7) is -1.65. The Morgan fingerprint density at radius 3 is 2.63 bits per heavy atom. The highest BCUT2D eigenvalue weighted by molar-refractivity contribution is 7.88. The molecule has 0 fully saturated rings. The van der Waals surface area contributed by atoms with E-state index in [2.05, 4.69) is 10.1 Å². The van der Waals surface area contributed by atoms with E-state index in [9.17, 15) is 12.8 Å². The lowest BCUT2D eigenvalue weighted by Crippen LogP contribution is -2.37. The summed E-state index contributed by atoms with van der Waals surface area (Å²) in [6, 6.07) is 8.96. The van der Waals surface area contributed by atoms with Crippen LogP contribution in [0.1, 0.15) is 15.5 Å². The molecule has 0 radical (unpaired) electrons. The third-order valence-electron chi connectivity index (χ3n) is 4.58. The zero-order chi connectivity index (χ0) is 21.7. The maximum absolute atomic E-state index is 13.4. The molecule has 1 aliphatic rings. The minimum Gasteiger partial charge on any atom is -0.266 e. The van der Waals surface area contributed by atoms with Crippen LogP contribution in [0.2, 0.25) is 0 Å². The van der Waals surface area contributed by atoms with Gasteiger partial charge in [-0.25, -0.2) is 12.8 Å². The Kier molecular flexibility index (Phi) is 3.51. The van der Waals surface area contributed by atoms with Crippen molar-refractivity contribution < 1.29 is 16.9 Å². The molecule has 0 unspecified atom stereocenters. The molecule has 6 nitrogen and oxygen atoms in total. The summed E-state index contributed by atoms with van der Waals surface area (Å²) in [5.41, 5.74) is 2.93. The van der Waals surface area contributed by atoms with Crippen molar-refractivity contribution in [2.45, 2.75) is 19.9 Å². The highest BCUT2D eigenvalue weighted by Crippen LogP contribution is 2.37. The number of benzene rings is 1. The van der Waals surface area contributed by atoms with Crippen LogP contribution in [-0.4, -0.2) is 40.3 Å². The fourth-order valence-electron chi connectivity index (χ4n) is 3.28. The molecule has 0 saturated carbocycles. The van der Waals surface area contributed by atoms with Crippen LogP contribution in [0.15, 0.2) is 42.6 Å². The first-order chi connectivity index (χ1) is 14.0. The minimum absolute atomic E-state index is 0.0687. The van der Waals surface area contributed by atoms with Crippen molar-refractivity contribution in [1.29, 1.82) is 0 Å². The molecule has 3 heterocycles. The van der Waals surface area contributed by atoms with Crippen LogP contribution in [-0.2, 0) is 23.1 Å². The van der Waals surface area contributed by atoms with Crippen molar-refractivity contribution in [1.82, 2.24) is 19.1 Å². The van der Waals surface area contributed by atoms with Gasteiger partial charge in [0.1, 0.15) is 11.5 Å². The molecule has 0 aliphatic carbocycles. The molecule has 27 heavy (non-hydrogen) atoms. The number of hydrogen-bond acceptors (Lipinski definition) is 4. The maximum atomic E-state index is 13.4. The van der Waals surface area contributed by atoms with Gasteiger partial charge in [0.05, 0.1) is 25.0 Å². The second-order valence-corrected chi connectivity index (χ2v) is 8.41. The molecule has 1 aromatic carbocycles. The molecule has 4 rings (SSSR count). The molecule has 0 spiro atoms. The van der Waals surface area contributed by atoms with Gasteiger partial charge < -0.3 is 0 Å². The van der Waals surface area contributed by atoms with Gasteiger partial charge in [-0.15, -0.1) is 0 Å². The van der Waals surface area contributed by atoms with E-state index in [4.69, 9.17) is 4.11 Å². The van der Waals surface area contributed by atoms with Crippen molar-refractivity contribution in [3.63, 3.8) is 0 Å². The van der Waals surface area contributed by atoms with E-state index in [1.807, 2.05) is 0 Å². The van der Waals surface area contributed by atoms with Crippen LogP contribution in [0.5, 0.6) is 0 Å².